The van der Waals surface area contributed by atoms with E-state index in [4.69, 9.17) is 5.11 Å². The Bertz CT molecular complexity index is 1050. The zero-order valence-electron chi connectivity index (χ0n) is 15.4. The van der Waals surface area contributed by atoms with Crippen LogP contribution >= 0.6 is 0 Å². The molecule has 0 bridgehead atoms. The minimum atomic E-state index is -0.754. The van der Waals surface area contributed by atoms with E-state index in [2.05, 4.69) is 5.32 Å². The van der Waals surface area contributed by atoms with Gasteiger partial charge in [-0.3, -0.25) is 14.4 Å². The number of fused-ring (bicyclic) bond motifs is 2. The first kappa shape index (κ1) is 18.2. The maximum atomic E-state index is 12.8. The Kier molecular flexibility index (Phi) is 4.86. The fraction of sp³-hybridized carbons (Fsp3) is 0.318. The standard InChI is InChI=1S/C22H22N2O4/c25-20(23-15-11-9-14(10-12-15)22(27)28)13-24-18-7-3-1-5-16(18)21(26)17-6-2-4-8-19(17)24/h1-8,14-15H,9-13H2,(H,23,25)(H,27,28). The van der Waals surface area contributed by atoms with Crippen LogP contribution in [0.1, 0.15) is 25.7 Å². The van der Waals surface area contributed by atoms with Crippen molar-refractivity contribution in [2.75, 3.05) is 0 Å². The number of amides is 1. The highest BCUT2D eigenvalue weighted by atomic mass is 16.4. The van der Waals surface area contributed by atoms with E-state index >= 15 is 0 Å². The van der Waals surface area contributed by atoms with Gasteiger partial charge in [0.2, 0.25) is 5.91 Å². The summed E-state index contributed by atoms with van der Waals surface area (Å²) in [5.74, 6) is -1.19. The van der Waals surface area contributed by atoms with Crippen LogP contribution in [0.15, 0.2) is 53.3 Å². The van der Waals surface area contributed by atoms with Crippen molar-refractivity contribution in [2.24, 2.45) is 5.92 Å². The van der Waals surface area contributed by atoms with Crippen molar-refractivity contribution >= 4 is 33.7 Å². The Morgan fingerprint density at radius 2 is 1.46 bits per heavy atom. The van der Waals surface area contributed by atoms with E-state index in [1.807, 2.05) is 41.0 Å². The topological polar surface area (TPSA) is 88.4 Å². The number of para-hydroxylation sites is 2. The monoisotopic (exact) mass is 378 g/mol. The van der Waals surface area contributed by atoms with Gasteiger partial charge in [-0.15, -0.1) is 0 Å². The predicted molar refractivity (Wildman–Crippen MR) is 107 cm³/mol. The Hall–Kier alpha value is -3.15. The van der Waals surface area contributed by atoms with Gasteiger partial charge in [-0.1, -0.05) is 24.3 Å². The number of aliphatic carboxylic acids is 1. The van der Waals surface area contributed by atoms with Crippen LogP contribution in [0, 0.1) is 5.92 Å². The fourth-order valence-electron chi connectivity index (χ4n) is 4.15. The highest BCUT2D eigenvalue weighted by Gasteiger charge is 2.26. The maximum absolute atomic E-state index is 12.8. The average Bonchev–Trinajstić information content (AvgIpc) is 2.71. The molecule has 0 unspecified atom stereocenters. The molecular weight excluding hydrogens is 356 g/mol. The molecule has 1 aliphatic rings. The van der Waals surface area contributed by atoms with E-state index in [0.29, 0.717) is 36.5 Å². The maximum Gasteiger partial charge on any atom is 0.306 e. The van der Waals surface area contributed by atoms with E-state index in [-0.39, 0.29) is 29.8 Å². The molecule has 3 aromatic rings. The molecule has 4 rings (SSSR count). The van der Waals surface area contributed by atoms with Crippen LogP contribution < -0.4 is 10.7 Å². The Morgan fingerprint density at radius 3 is 2.00 bits per heavy atom. The largest absolute Gasteiger partial charge is 0.481 e. The highest BCUT2D eigenvalue weighted by molar-refractivity contribution is 5.94. The molecule has 1 saturated carbocycles. The molecule has 1 heterocycles. The summed E-state index contributed by atoms with van der Waals surface area (Å²) in [6.45, 7) is 0.111. The number of carboxylic acids is 1. The SMILES string of the molecule is O=C(Cn1c2ccccc2c(=O)c2ccccc21)NC1CCC(C(=O)O)CC1. The van der Waals surface area contributed by atoms with E-state index in [0.717, 1.165) is 11.0 Å². The summed E-state index contributed by atoms with van der Waals surface area (Å²) >= 11 is 0. The third-order valence-corrected chi connectivity index (χ3v) is 5.62. The van der Waals surface area contributed by atoms with E-state index in [1.54, 1.807) is 12.1 Å². The van der Waals surface area contributed by atoms with E-state index in [1.165, 1.54) is 0 Å². The average molecular weight is 378 g/mol. The van der Waals surface area contributed by atoms with Gasteiger partial charge in [-0.05, 0) is 49.9 Å². The van der Waals surface area contributed by atoms with Gasteiger partial charge < -0.3 is 15.0 Å². The molecule has 6 nitrogen and oxygen atoms in total. The second-order valence-electron chi connectivity index (χ2n) is 7.40. The van der Waals surface area contributed by atoms with Gasteiger partial charge in [0, 0.05) is 16.8 Å². The lowest BCUT2D eigenvalue weighted by Crippen LogP contribution is -2.40. The van der Waals surface area contributed by atoms with Crippen LogP contribution in [-0.2, 0) is 16.1 Å². The van der Waals surface area contributed by atoms with Crippen LogP contribution in [0.2, 0.25) is 0 Å². The molecular formula is C22H22N2O4. The summed E-state index contributed by atoms with van der Waals surface area (Å²) in [7, 11) is 0. The van der Waals surface area contributed by atoms with Crippen molar-refractivity contribution in [1.29, 1.82) is 0 Å². The molecule has 6 heteroatoms. The number of carbonyl (C=O) groups excluding carboxylic acids is 1. The summed E-state index contributed by atoms with van der Waals surface area (Å²) in [4.78, 5) is 36.6. The molecule has 0 radical (unpaired) electrons. The van der Waals surface area contributed by atoms with Crippen LogP contribution in [-0.4, -0.2) is 27.6 Å². The number of rotatable bonds is 4. The summed E-state index contributed by atoms with van der Waals surface area (Å²) in [5, 5.41) is 13.3. The number of benzene rings is 2. The Balaban J connectivity index is 1.61. The normalized spacial score (nSPS) is 19.6. The van der Waals surface area contributed by atoms with Crippen molar-refractivity contribution < 1.29 is 14.7 Å². The number of carbonyl (C=O) groups is 2. The third kappa shape index (κ3) is 3.38. The molecule has 2 N–H and O–H groups in total. The van der Waals surface area contributed by atoms with Gasteiger partial charge in [-0.25, -0.2) is 0 Å². The molecule has 0 saturated heterocycles. The third-order valence-electron chi connectivity index (χ3n) is 5.62. The second kappa shape index (κ2) is 7.46. The second-order valence-corrected chi connectivity index (χ2v) is 7.40. The molecule has 1 amide bonds. The first-order valence-corrected chi connectivity index (χ1v) is 9.57. The predicted octanol–water partition coefficient (Wildman–Crippen LogP) is 2.91. The first-order chi connectivity index (χ1) is 13.5. The van der Waals surface area contributed by atoms with Crippen LogP contribution in [0.5, 0.6) is 0 Å². The van der Waals surface area contributed by atoms with Crippen molar-refractivity contribution in [3.8, 4) is 0 Å². The van der Waals surface area contributed by atoms with Gasteiger partial charge in [-0.2, -0.15) is 0 Å². The van der Waals surface area contributed by atoms with Crippen LogP contribution in [0.3, 0.4) is 0 Å². The molecule has 0 aliphatic heterocycles. The Morgan fingerprint density at radius 1 is 0.929 bits per heavy atom. The smallest absolute Gasteiger partial charge is 0.306 e. The molecule has 0 atom stereocenters. The van der Waals surface area contributed by atoms with Gasteiger partial charge in [0.15, 0.2) is 5.43 Å². The zero-order chi connectivity index (χ0) is 19.7. The summed E-state index contributed by atoms with van der Waals surface area (Å²) in [6, 6.07) is 14.6. The molecule has 144 valence electrons. The minimum absolute atomic E-state index is 0.00000929. The number of nitrogens with zero attached hydrogens (tertiary/aromatic N) is 1. The molecule has 0 spiro atoms. The number of aromatic nitrogens is 1. The number of hydrogen-bond acceptors (Lipinski definition) is 3. The molecule has 1 fully saturated rings. The van der Waals surface area contributed by atoms with Crippen LogP contribution in [0.25, 0.3) is 21.8 Å². The van der Waals surface area contributed by atoms with Crippen LogP contribution in [0.4, 0.5) is 0 Å². The first-order valence-electron chi connectivity index (χ1n) is 9.57. The minimum Gasteiger partial charge on any atom is -0.481 e. The quantitative estimate of drug-likeness (QED) is 0.683. The molecule has 1 aromatic heterocycles. The zero-order valence-corrected chi connectivity index (χ0v) is 15.4. The summed E-state index contributed by atoms with van der Waals surface area (Å²) in [5.41, 5.74) is 1.43. The lowest BCUT2D eigenvalue weighted by Gasteiger charge is -2.27. The van der Waals surface area contributed by atoms with Crippen molar-refractivity contribution in [3.63, 3.8) is 0 Å². The molecule has 28 heavy (non-hydrogen) atoms. The molecule has 1 aliphatic carbocycles. The highest BCUT2D eigenvalue weighted by Crippen LogP contribution is 2.24. The van der Waals surface area contributed by atoms with E-state index in [9.17, 15) is 14.4 Å². The number of nitrogens with one attached hydrogen (secondary N) is 1. The number of carboxylic acid groups (broad SMARTS) is 1. The van der Waals surface area contributed by atoms with Crippen molar-refractivity contribution in [2.45, 2.75) is 38.3 Å². The van der Waals surface area contributed by atoms with E-state index < -0.39 is 5.97 Å². The van der Waals surface area contributed by atoms with Gasteiger partial charge in [0.1, 0.15) is 6.54 Å². The summed E-state index contributed by atoms with van der Waals surface area (Å²) in [6.07, 6.45) is 2.52. The number of hydrogen-bond donors (Lipinski definition) is 2. The molecule has 2 aromatic carbocycles. The van der Waals surface area contributed by atoms with Gasteiger partial charge in [0.05, 0.1) is 17.0 Å². The Labute approximate surface area is 161 Å². The van der Waals surface area contributed by atoms with Crippen molar-refractivity contribution in [3.05, 3.63) is 58.8 Å². The van der Waals surface area contributed by atoms with Gasteiger partial charge in [0.25, 0.3) is 0 Å². The lowest BCUT2D eigenvalue weighted by atomic mass is 9.86. The van der Waals surface area contributed by atoms with Gasteiger partial charge >= 0.3 is 5.97 Å². The number of pyridine rings is 1. The lowest BCUT2D eigenvalue weighted by molar-refractivity contribution is -0.142. The fourth-order valence-corrected chi connectivity index (χ4v) is 4.15. The summed E-state index contributed by atoms with van der Waals surface area (Å²) < 4.78 is 1.88. The van der Waals surface area contributed by atoms with Crippen molar-refractivity contribution in [1.82, 2.24) is 9.88 Å².